The van der Waals surface area contributed by atoms with Crippen molar-refractivity contribution in [2.45, 2.75) is 50.3 Å². The van der Waals surface area contributed by atoms with E-state index in [0.29, 0.717) is 17.9 Å². The zero-order valence-corrected chi connectivity index (χ0v) is 16.3. The number of rotatable bonds is 4. The van der Waals surface area contributed by atoms with E-state index < -0.39 is 5.60 Å². The Morgan fingerprint density at radius 1 is 1.18 bits per heavy atom. The molecule has 4 nitrogen and oxygen atoms in total. The lowest BCUT2D eigenvalue weighted by Gasteiger charge is -2.50. The molecule has 150 valence electrons. The van der Waals surface area contributed by atoms with Crippen molar-refractivity contribution in [1.29, 1.82) is 0 Å². The van der Waals surface area contributed by atoms with Crippen molar-refractivity contribution in [2.24, 2.45) is 5.92 Å². The van der Waals surface area contributed by atoms with Crippen molar-refractivity contribution < 1.29 is 24.2 Å². The molecule has 1 unspecified atom stereocenters. The van der Waals surface area contributed by atoms with E-state index in [1.165, 1.54) is 11.0 Å². The SMILES string of the molecule is COc1cc([C@H]2[C@@H]3CCCC[C@]3(O)CC[NH+]2Cc2ccccc2F)ccc1O. The molecule has 1 saturated heterocycles. The average Bonchev–Trinajstić information content (AvgIpc) is 2.70. The molecule has 1 heterocycles. The summed E-state index contributed by atoms with van der Waals surface area (Å²) in [6.45, 7) is 1.36. The molecule has 0 bridgehead atoms. The number of hydrogen-bond donors (Lipinski definition) is 3. The van der Waals surface area contributed by atoms with Crippen LogP contribution >= 0.6 is 0 Å². The number of benzene rings is 2. The lowest BCUT2D eigenvalue weighted by molar-refractivity contribution is -0.958. The lowest BCUT2D eigenvalue weighted by atomic mass is 9.66. The third-order valence-corrected chi connectivity index (χ3v) is 6.72. The normalized spacial score (nSPS) is 29.9. The van der Waals surface area contributed by atoms with Gasteiger partial charge in [0.05, 0.1) is 19.3 Å². The van der Waals surface area contributed by atoms with Crippen molar-refractivity contribution in [3.63, 3.8) is 0 Å². The highest BCUT2D eigenvalue weighted by molar-refractivity contribution is 5.42. The Morgan fingerprint density at radius 3 is 2.79 bits per heavy atom. The first-order valence-corrected chi connectivity index (χ1v) is 10.2. The average molecular weight is 386 g/mol. The van der Waals surface area contributed by atoms with E-state index in [1.807, 2.05) is 24.3 Å². The predicted molar refractivity (Wildman–Crippen MR) is 105 cm³/mol. The number of aliphatic hydroxyl groups is 1. The largest absolute Gasteiger partial charge is 0.504 e. The van der Waals surface area contributed by atoms with Gasteiger partial charge >= 0.3 is 0 Å². The maximum absolute atomic E-state index is 14.3. The van der Waals surface area contributed by atoms with E-state index in [9.17, 15) is 14.6 Å². The van der Waals surface area contributed by atoms with Gasteiger partial charge < -0.3 is 19.8 Å². The fourth-order valence-electron chi connectivity index (χ4n) is 5.29. The summed E-state index contributed by atoms with van der Waals surface area (Å²) < 4.78 is 19.7. The molecule has 5 heteroatoms. The Labute approximate surface area is 165 Å². The summed E-state index contributed by atoms with van der Waals surface area (Å²) in [4.78, 5) is 1.26. The maximum atomic E-state index is 14.3. The van der Waals surface area contributed by atoms with Crippen LogP contribution < -0.4 is 9.64 Å². The maximum Gasteiger partial charge on any atom is 0.160 e. The number of piperidine rings is 1. The van der Waals surface area contributed by atoms with Gasteiger partial charge in [-0.25, -0.2) is 4.39 Å². The first kappa shape index (κ1) is 19.2. The van der Waals surface area contributed by atoms with Crippen LogP contribution in [0.25, 0.3) is 0 Å². The number of halogens is 1. The molecule has 2 fully saturated rings. The monoisotopic (exact) mass is 386 g/mol. The predicted octanol–water partition coefficient (Wildman–Crippen LogP) is 2.99. The minimum atomic E-state index is -0.660. The fraction of sp³-hybridized carbons (Fsp3) is 0.478. The number of hydrogen-bond acceptors (Lipinski definition) is 3. The Balaban J connectivity index is 1.73. The number of phenols is 1. The first-order valence-electron chi connectivity index (χ1n) is 10.2. The van der Waals surface area contributed by atoms with Crippen LogP contribution in [0.15, 0.2) is 42.5 Å². The third-order valence-electron chi connectivity index (χ3n) is 6.72. The van der Waals surface area contributed by atoms with Crippen LogP contribution in [-0.4, -0.2) is 29.5 Å². The van der Waals surface area contributed by atoms with Crippen molar-refractivity contribution in [2.75, 3.05) is 13.7 Å². The molecule has 0 aromatic heterocycles. The minimum absolute atomic E-state index is 0.0353. The zero-order chi connectivity index (χ0) is 19.7. The van der Waals surface area contributed by atoms with Gasteiger partial charge in [0.1, 0.15) is 18.4 Å². The molecule has 0 amide bonds. The second kappa shape index (κ2) is 7.72. The van der Waals surface area contributed by atoms with E-state index in [4.69, 9.17) is 4.74 Å². The Bertz CT molecular complexity index is 842. The van der Waals surface area contributed by atoms with Gasteiger partial charge in [-0.15, -0.1) is 0 Å². The van der Waals surface area contributed by atoms with Crippen LogP contribution in [-0.2, 0) is 6.54 Å². The molecule has 0 radical (unpaired) electrons. The minimum Gasteiger partial charge on any atom is -0.504 e. The van der Waals surface area contributed by atoms with Crippen LogP contribution in [0.5, 0.6) is 11.5 Å². The van der Waals surface area contributed by atoms with Gasteiger partial charge in [0.25, 0.3) is 0 Å². The number of methoxy groups -OCH3 is 1. The molecule has 1 saturated carbocycles. The zero-order valence-electron chi connectivity index (χ0n) is 16.3. The molecule has 0 spiro atoms. The fourth-order valence-corrected chi connectivity index (χ4v) is 5.29. The number of phenolic OH excluding ortho intramolecular Hbond substituents is 1. The Morgan fingerprint density at radius 2 is 2.00 bits per heavy atom. The van der Waals surface area contributed by atoms with Gasteiger partial charge in [-0.1, -0.05) is 31.0 Å². The number of aromatic hydroxyl groups is 1. The van der Waals surface area contributed by atoms with Crippen LogP contribution in [0.2, 0.25) is 0 Å². The summed E-state index contributed by atoms with van der Waals surface area (Å²) in [7, 11) is 1.54. The summed E-state index contributed by atoms with van der Waals surface area (Å²) in [5.41, 5.74) is 1.08. The summed E-state index contributed by atoms with van der Waals surface area (Å²) in [5, 5.41) is 21.4. The molecule has 2 aliphatic rings. The van der Waals surface area contributed by atoms with Gasteiger partial charge in [0, 0.05) is 23.5 Å². The van der Waals surface area contributed by atoms with Crippen LogP contribution in [0, 0.1) is 11.7 Å². The van der Waals surface area contributed by atoms with Gasteiger partial charge in [-0.2, -0.15) is 0 Å². The van der Waals surface area contributed by atoms with Crippen molar-refractivity contribution in [1.82, 2.24) is 0 Å². The highest BCUT2D eigenvalue weighted by Crippen LogP contribution is 2.45. The highest BCUT2D eigenvalue weighted by atomic mass is 19.1. The lowest BCUT2D eigenvalue weighted by Crippen LogP contribution is -3.13. The van der Waals surface area contributed by atoms with Gasteiger partial charge in [-0.05, 0) is 37.1 Å². The summed E-state index contributed by atoms with van der Waals surface area (Å²) >= 11 is 0. The van der Waals surface area contributed by atoms with Crippen molar-refractivity contribution in [3.05, 3.63) is 59.4 Å². The summed E-state index contributed by atoms with van der Waals surface area (Å²) in [6, 6.07) is 12.4. The van der Waals surface area contributed by atoms with E-state index in [2.05, 4.69) is 0 Å². The molecule has 4 atom stereocenters. The molecule has 1 aliphatic carbocycles. The molecule has 3 N–H and O–H groups in total. The second-order valence-corrected chi connectivity index (χ2v) is 8.29. The summed E-state index contributed by atoms with van der Waals surface area (Å²) in [5.74, 6) is 0.483. The Kier molecular flexibility index (Phi) is 5.30. The molecule has 2 aromatic rings. The quantitative estimate of drug-likeness (QED) is 0.757. The topological polar surface area (TPSA) is 54.1 Å². The highest BCUT2D eigenvalue weighted by Gasteiger charge is 2.51. The molecule has 28 heavy (non-hydrogen) atoms. The van der Waals surface area contributed by atoms with E-state index in [0.717, 1.165) is 44.2 Å². The van der Waals surface area contributed by atoms with Crippen LogP contribution in [0.1, 0.15) is 49.3 Å². The summed E-state index contributed by atoms with van der Waals surface area (Å²) in [6.07, 6.45) is 4.70. The molecular formula is C23H29FNO3+. The molecule has 1 aliphatic heterocycles. The number of fused-ring (bicyclic) bond motifs is 1. The molecule has 2 aromatic carbocycles. The number of quaternary nitrogens is 1. The number of ether oxygens (including phenoxy) is 1. The third kappa shape index (κ3) is 3.49. The van der Waals surface area contributed by atoms with Crippen LogP contribution in [0.3, 0.4) is 0 Å². The van der Waals surface area contributed by atoms with E-state index in [-0.39, 0.29) is 23.5 Å². The molecular weight excluding hydrogens is 357 g/mol. The Hall–Kier alpha value is -2.11. The van der Waals surface area contributed by atoms with E-state index >= 15 is 0 Å². The smallest absolute Gasteiger partial charge is 0.160 e. The van der Waals surface area contributed by atoms with Crippen LogP contribution in [0.4, 0.5) is 4.39 Å². The standard InChI is InChI=1S/C23H28FNO3/c1-28-21-14-16(9-10-20(21)26)22-18-7-4-5-11-23(18,27)12-13-25(22)15-17-6-2-3-8-19(17)24/h2-3,6,8-10,14,18,22,26-27H,4-5,7,11-13,15H2,1H3/p+1/t18-,22-,23-/m0/s1. The number of nitrogens with one attached hydrogen (secondary N) is 1. The molecule has 4 rings (SSSR count). The van der Waals surface area contributed by atoms with Crippen molar-refractivity contribution >= 4 is 0 Å². The second-order valence-electron chi connectivity index (χ2n) is 8.29. The first-order chi connectivity index (χ1) is 13.5. The van der Waals surface area contributed by atoms with Gasteiger partial charge in [0.2, 0.25) is 0 Å². The van der Waals surface area contributed by atoms with Gasteiger partial charge in [0.15, 0.2) is 11.5 Å². The number of likely N-dealkylation sites (tertiary alicyclic amines) is 1. The van der Waals surface area contributed by atoms with Gasteiger partial charge in [-0.3, -0.25) is 0 Å². The van der Waals surface area contributed by atoms with Crippen molar-refractivity contribution in [3.8, 4) is 11.5 Å². The van der Waals surface area contributed by atoms with E-state index in [1.54, 1.807) is 19.2 Å².